The Balaban J connectivity index is 2.26. The Bertz CT molecular complexity index is 1140. The van der Waals surface area contributed by atoms with Crippen LogP contribution in [0.3, 0.4) is 0 Å². The van der Waals surface area contributed by atoms with Crippen molar-refractivity contribution < 1.29 is 37.4 Å². The van der Waals surface area contributed by atoms with Crippen molar-refractivity contribution in [2.75, 3.05) is 26.5 Å². The fraction of sp³-hybridized carbons (Fsp3) is 0.312. The number of pyridine rings is 1. The van der Waals surface area contributed by atoms with Gasteiger partial charge in [-0.05, 0) is 19.1 Å². The molecular formula is C16H19N7O8S. The quantitative estimate of drug-likeness (QED) is 0.441. The molecule has 0 saturated heterocycles. The summed E-state index contributed by atoms with van der Waals surface area (Å²) in [4.78, 5) is 51.3. The average Bonchev–Trinajstić information content (AvgIpc) is 2.72. The first kappa shape index (κ1) is 24.2. The van der Waals surface area contributed by atoms with E-state index in [-0.39, 0.29) is 11.6 Å². The molecule has 32 heavy (non-hydrogen) atoms. The van der Waals surface area contributed by atoms with Crippen LogP contribution in [0.25, 0.3) is 0 Å². The highest BCUT2D eigenvalue weighted by molar-refractivity contribution is 7.90. The number of sulfonamides is 1. The van der Waals surface area contributed by atoms with Crippen molar-refractivity contribution in [1.29, 1.82) is 0 Å². The summed E-state index contributed by atoms with van der Waals surface area (Å²) in [5, 5.41) is 10.3. The maximum absolute atomic E-state index is 12.6. The SMILES string of the molecule is COc1nc(NC(=O)NS(=O)(=O)c2ncccc2C(=O)N(C)C)nc(OC(C)C(=O)O)n1. The molecule has 0 aliphatic carbocycles. The molecule has 0 aliphatic heterocycles. The molecule has 1 unspecified atom stereocenters. The van der Waals surface area contributed by atoms with Gasteiger partial charge in [-0.15, -0.1) is 4.98 Å². The van der Waals surface area contributed by atoms with Crippen LogP contribution < -0.4 is 19.5 Å². The van der Waals surface area contributed by atoms with E-state index < -0.39 is 51.0 Å². The molecule has 15 nitrogen and oxygen atoms in total. The van der Waals surface area contributed by atoms with E-state index in [2.05, 4.69) is 19.9 Å². The van der Waals surface area contributed by atoms with Crippen molar-refractivity contribution in [2.24, 2.45) is 0 Å². The summed E-state index contributed by atoms with van der Waals surface area (Å²) in [5.74, 6) is -2.45. The Labute approximate surface area is 181 Å². The maximum atomic E-state index is 12.6. The summed E-state index contributed by atoms with van der Waals surface area (Å²) in [6.45, 7) is 1.21. The lowest BCUT2D eigenvalue weighted by Gasteiger charge is -2.14. The third-order valence-electron chi connectivity index (χ3n) is 3.52. The number of ether oxygens (including phenoxy) is 2. The number of urea groups is 1. The highest BCUT2D eigenvalue weighted by Gasteiger charge is 2.27. The molecule has 2 aromatic rings. The number of methoxy groups -OCH3 is 1. The third-order valence-corrected chi connectivity index (χ3v) is 4.81. The molecule has 0 radical (unpaired) electrons. The van der Waals surface area contributed by atoms with Gasteiger partial charge in [-0.25, -0.2) is 19.3 Å². The molecule has 1 atom stereocenters. The summed E-state index contributed by atoms with van der Waals surface area (Å²) in [7, 11) is -0.541. The first-order chi connectivity index (χ1) is 14.9. The lowest BCUT2D eigenvalue weighted by atomic mass is 10.2. The molecular weight excluding hydrogens is 450 g/mol. The first-order valence-corrected chi connectivity index (χ1v) is 10.1. The van der Waals surface area contributed by atoms with Crippen molar-refractivity contribution in [2.45, 2.75) is 18.1 Å². The molecule has 2 heterocycles. The Kier molecular flexibility index (Phi) is 7.42. The topological polar surface area (TPSA) is 203 Å². The lowest BCUT2D eigenvalue weighted by Crippen LogP contribution is -2.37. The first-order valence-electron chi connectivity index (χ1n) is 8.64. The number of rotatable bonds is 8. The minimum absolute atomic E-state index is 0.252. The van der Waals surface area contributed by atoms with Crippen molar-refractivity contribution in [3.8, 4) is 12.0 Å². The molecule has 3 N–H and O–H groups in total. The monoisotopic (exact) mass is 469 g/mol. The average molecular weight is 469 g/mol. The minimum Gasteiger partial charge on any atom is -0.479 e. The number of carbonyl (C=O) groups is 3. The number of amides is 3. The van der Waals surface area contributed by atoms with Gasteiger partial charge < -0.3 is 19.5 Å². The van der Waals surface area contributed by atoms with Crippen LogP contribution in [0.5, 0.6) is 12.0 Å². The van der Waals surface area contributed by atoms with E-state index >= 15 is 0 Å². The molecule has 3 amide bonds. The Hall–Kier alpha value is -4.08. The van der Waals surface area contributed by atoms with Crippen LogP contribution in [-0.2, 0) is 14.8 Å². The number of aromatic nitrogens is 4. The van der Waals surface area contributed by atoms with Crippen molar-refractivity contribution in [3.63, 3.8) is 0 Å². The number of aliphatic carboxylic acids is 1. The van der Waals surface area contributed by atoms with Crippen LogP contribution in [-0.4, -0.2) is 83.6 Å². The van der Waals surface area contributed by atoms with E-state index in [1.165, 1.54) is 40.3 Å². The van der Waals surface area contributed by atoms with Crippen molar-refractivity contribution >= 4 is 33.9 Å². The summed E-state index contributed by atoms with van der Waals surface area (Å²) in [6, 6.07) is 0.477. The second kappa shape index (κ2) is 9.82. The summed E-state index contributed by atoms with van der Waals surface area (Å²) in [6.07, 6.45) is -0.191. The van der Waals surface area contributed by atoms with Crippen molar-refractivity contribution in [1.82, 2.24) is 29.6 Å². The van der Waals surface area contributed by atoms with Gasteiger partial charge in [0.15, 0.2) is 11.1 Å². The number of anilines is 1. The molecule has 0 aliphatic rings. The summed E-state index contributed by atoms with van der Waals surface area (Å²) in [5.41, 5.74) is -0.252. The summed E-state index contributed by atoms with van der Waals surface area (Å²) >= 11 is 0. The lowest BCUT2D eigenvalue weighted by molar-refractivity contribution is -0.144. The Morgan fingerprint density at radius 3 is 2.41 bits per heavy atom. The normalized spacial score (nSPS) is 11.8. The molecule has 0 saturated carbocycles. The van der Waals surface area contributed by atoms with Crippen molar-refractivity contribution in [3.05, 3.63) is 23.9 Å². The molecule has 0 aromatic carbocycles. The van der Waals surface area contributed by atoms with E-state index in [0.717, 1.165) is 11.1 Å². The maximum Gasteiger partial charge on any atom is 0.344 e. The summed E-state index contributed by atoms with van der Waals surface area (Å²) < 4.78 is 36.7. The molecule has 172 valence electrons. The van der Waals surface area contributed by atoms with Crippen LogP contribution in [0.4, 0.5) is 10.7 Å². The predicted molar refractivity (Wildman–Crippen MR) is 106 cm³/mol. The molecule has 16 heteroatoms. The smallest absolute Gasteiger partial charge is 0.344 e. The molecule has 0 spiro atoms. The van der Waals surface area contributed by atoms with Gasteiger partial charge in [0.05, 0.1) is 12.7 Å². The standard InChI is InChI=1S/C16H19N7O8S/c1-8(12(25)26)31-16-20-13(19-15(21-16)30-4)18-14(27)22-32(28,29)10-9(6-5-7-17-10)11(24)23(2)3/h5-8H,1-4H3,(H,25,26)(H2,18,19,20,21,22,27). The van der Waals surface area contributed by atoms with E-state index in [9.17, 15) is 22.8 Å². The van der Waals surface area contributed by atoms with Crippen LogP contribution >= 0.6 is 0 Å². The highest BCUT2D eigenvalue weighted by atomic mass is 32.2. The van der Waals surface area contributed by atoms with E-state index in [1.54, 1.807) is 4.72 Å². The second-order valence-electron chi connectivity index (χ2n) is 6.14. The number of carboxylic acid groups (broad SMARTS) is 1. The van der Waals surface area contributed by atoms with E-state index in [0.29, 0.717) is 0 Å². The molecule has 0 bridgehead atoms. The number of hydrogen-bond acceptors (Lipinski definition) is 11. The van der Waals surface area contributed by atoms with Gasteiger partial charge in [0.25, 0.3) is 15.9 Å². The zero-order chi connectivity index (χ0) is 24.1. The van der Waals surface area contributed by atoms with Gasteiger partial charge in [0, 0.05) is 20.3 Å². The predicted octanol–water partition coefficient (Wildman–Crippen LogP) is -0.661. The van der Waals surface area contributed by atoms with Gasteiger partial charge in [0.1, 0.15) is 0 Å². The highest BCUT2D eigenvalue weighted by Crippen LogP contribution is 2.16. The number of carbonyl (C=O) groups excluding carboxylic acids is 2. The number of nitrogens with zero attached hydrogens (tertiary/aromatic N) is 5. The number of nitrogens with one attached hydrogen (secondary N) is 2. The van der Waals surface area contributed by atoms with Gasteiger partial charge >= 0.3 is 24.0 Å². The molecule has 0 fully saturated rings. The fourth-order valence-electron chi connectivity index (χ4n) is 2.05. The Morgan fingerprint density at radius 2 is 1.81 bits per heavy atom. The zero-order valence-corrected chi connectivity index (χ0v) is 18.1. The van der Waals surface area contributed by atoms with E-state index in [1.807, 2.05) is 5.32 Å². The van der Waals surface area contributed by atoms with Gasteiger partial charge in [-0.2, -0.15) is 18.4 Å². The van der Waals surface area contributed by atoms with Gasteiger partial charge in [-0.3, -0.25) is 10.1 Å². The van der Waals surface area contributed by atoms with Crippen LogP contribution in [0.1, 0.15) is 17.3 Å². The van der Waals surface area contributed by atoms with E-state index in [4.69, 9.17) is 14.6 Å². The molecule has 2 aromatic heterocycles. The minimum atomic E-state index is -4.58. The number of carboxylic acids is 1. The Morgan fingerprint density at radius 1 is 1.16 bits per heavy atom. The van der Waals surface area contributed by atoms with Crippen LogP contribution in [0.15, 0.2) is 23.4 Å². The van der Waals surface area contributed by atoms with Gasteiger partial charge in [-0.1, -0.05) is 0 Å². The number of hydrogen-bond donors (Lipinski definition) is 3. The van der Waals surface area contributed by atoms with Crippen LogP contribution in [0.2, 0.25) is 0 Å². The zero-order valence-electron chi connectivity index (χ0n) is 17.3. The van der Waals surface area contributed by atoms with Crippen LogP contribution in [0, 0.1) is 0 Å². The largest absolute Gasteiger partial charge is 0.479 e. The fourth-order valence-corrected chi connectivity index (χ4v) is 3.09. The second-order valence-corrected chi connectivity index (χ2v) is 7.74. The third kappa shape index (κ3) is 5.97. The molecule has 2 rings (SSSR count). The van der Waals surface area contributed by atoms with Gasteiger partial charge in [0.2, 0.25) is 5.95 Å².